The third-order valence-corrected chi connectivity index (χ3v) is 2.93. The first-order valence-corrected chi connectivity index (χ1v) is 4.93. The summed E-state index contributed by atoms with van der Waals surface area (Å²) in [4.78, 5) is 3.45. The molecular formula is C12H13N. The Morgan fingerprint density at radius 1 is 1.23 bits per heavy atom. The van der Waals surface area contributed by atoms with Crippen LogP contribution in [0.5, 0.6) is 0 Å². The second-order valence-electron chi connectivity index (χ2n) is 3.98. The van der Waals surface area contributed by atoms with E-state index in [4.69, 9.17) is 0 Å². The van der Waals surface area contributed by atoms with E-state index in [-0.39, 0.29) is 0 Å². The molecule has 1 heterocycles. The lowest BCUT2D eigenvalue weighted by Crippen LogP contribution is -1.79. The molecule has 0 atom stereocenters. The highest BCUT2D eigenvalue weighted by Crippen LogP contribution is 2.44. The van der Waals surface area contributed by atoms with Crippen LogP contribution in [0.4, 0.5) is 0 Å². The summed E-state index contributed by atoms with van der Waals surface area (Å²) in [5.41, 5.74) is 4.22. The predicted octanol–water partition coefficient (Wildman–Crippen LogP) is 3.35. The number of H-pyrrole nitrogens is 1. The zero-order valence-corrected chi connectivity index (χ0v) is 7.80. The fourth-order valence-electron chi connectivity index (χ4n) is 2.20. The van der Waals surface area contributed by atoms with Crippen LogP contribution in [0.15, 0.2) is 24.3 Å². The monoisotopic (exact) mass is 171 g/mol. The topological polar surface area (TPSA) is 15.8 Å². The second kappa shape index (κ2) is 2.38. The highest BCUT2D eigenvalue weighted by molar-refractivity contribution is 5.85. The maximum Gasteiger partial charge on any atom is 0.0458 e. The first-order valence-electron chi connectivity index (χ1n) is 4.93. The minimum Gasteiger partial charge on any atom is -0.358 e. The van der Waals surface area contributed by atoms with E-state index < -0.39 is 0 Å². The van der Waals surface area contributed by atoms with Crippen LogP contribution in [0.25, 0.3) is 10.9 Å². The van der Waals surface area contributed by atoms with Gasteiger partial charge in [0.15, 0.2) is 0 Å². The molecule has 1 N–H and O–H groups in total. The number of para-hydroxylation sites is 1. The number of hydrogen-bond donors (Lipinski definition) is 1. The van der Waals surface area contributed by atoms with E-state index in [0.29, 0.717) is 0 Å². The van der Waals surface area contributed by atoms with Gasteiger partial charge in [-0.05, 0) is 37.3 Å². The van der Waals surface area contributed by atoms with E-state index in [2.05, 4.69) is 36.2 Å². The van der Waals surface area contributed by atoms with Crippen LogP contribution in [-0.2, 0) is 0 Å². The van der Waals surface area contributed by atoms with Crippen molar-refractivity contribution < 1.29 is 0 Å². The minimum atomic E-state index is 0.844. The predicted molar refractivity (Wildman–Crippen MR) is 55.0 cm³/mol. The van der Waals surface area contributed by atoms with Crippen molar-refractivity contribution in [3.8, 4) is 0 Å². The number of aryl methyl sites for hydroxylation is 1. The van der Waals surface area contributed by atoms with Gasteiger partial charge in [0.25, 0.3) is 0 Å². The molecule has 0 radical (unpaired) electrons. The van der Waals surface area contributed by atoms with Crippen LogP contribution in [0.3, 0.4) is 0 Å². The van der Waals surface area contributed by atoms with Gasteiger partial charge in [0.05, 0.1) is 0 Å². The van der Waals surface area contributed by atoms with E-state index in [9.17, 15) is 0 Å². The van der Waals surface area contributed by atoms with Gasteiger partial charge >= 0.3 is 0 Å². The molecule has 1 heteroatoms. The molecule has 1 aliphatic rings. The Kier molecular flexibility index (Phi) is 1.32. The van der Waals surface area contributed by atoms with Gasteiger partial charge in [-0.1, -0.05) is 18.2 Å². The van der Waals surface area contributed by atoms with Crippen LogP contribution in [0, 0.1) is 6.92 Å². The maximum atomic E-state index is 3.45. The number of benzene rings is 1. The van der Waals surface area contributed by atoms with Crippen LogP contribution < -0.4 is 0 Å². The van der Waals surface area contributed by atoms with Crippen molar-refractivity contribution in [2.75, 3.05) is 0 Å². The molecule has 2 aromatic rings. The summed E-state index contributed by atoms with van der Waals surface area (Å²) in [6.45, 7) is 2.19. The van der Waals surface area contributed by atoms with E-state index in [1.54, 1.807) is 5.56 Å². The number of fused-ring (bicyclic) bond motifs is 1. The Balaban J connectivity index is 2.35. The van der Waals surface area contributed by atoms with Gasteiger partial charge in [0, 0.05) is 16.6 Å². The number of hydrogen-bond acceptors (Lipinski definition) is 0. The Morgan fingerprint density at radius 2 is 2.00 bits per heavy atom. The molecule has 0 aliphatic heterocycles. The van der Waals surface area contributed by atoms with Gasteiger partial charge in [0.1, 0.15) is 0 Å². The first-order chi connectivity index (χ1) is 6.36. The lowest BCUT2D eigenvalue weighted by molar-refractivity contribution is 1.10. The van der Waals surface area contributed by atoms with E-state index in [1.807, 2.05) is 0 Å². The molecule has 0 spiro atoms. The molecule has 0 bridgehead atoms. The van der Waals surface area contributed by atoms with Gasteiger partial charge in [-0.2, -0.15) is 0 Å². The number of nitrogens with one attached hydrogen (secondary N) is 1. The third-order valence-electron chi connectivity index (χ3n) is 2.93. The molecule has 0 saturated heterocycles. The molecule has 1 saturated carbocycles. The molecular weight excluding hydrogens is 158 g/mol. The Hall–Kier alpha value is -1.24. The molecule has 1 aliphatic carbocycles. The smallest absolute Gasteiger partial charge is 0.0458 e. The van der Waals surface area contributed by atoms with Crippen molar-refractivity contribution in [3.63, 3.8) is 0 Å². The lowest BCUT2D eigenvalue weighted by Gasteiger charge is -1.95. The van der Waals surface area contributed by atoms with Crippen LogP contribution >= 0.6 is 0 Å². The summed E-state index contributed by atoms with van der Waals surface area (Å²) in [6.07, 6.45) is 2.76. The molecule has 3 rings (SSSR count). The van der Waals surface area contributed by atoms with Crippen molar-refractivity contribution in [1.29, 1.82) is 0 Å². The normalized spacial score (nSPS) is 16.7. The first kappa shape index (κ1) is 7.19. The minimum absolute atomic E-state index is 0.844. The van der Waals surface area contributed by atoms with Crippen molar-refractivity contribution >= 4 is 10.9 Å². The van der Waals surface area contributed by atoms with Gasteiger partial charge in [-0.3, -0.25) is 0 Å². The number of rotatable bonds is 1. The number of aromatic nitrogens is 1. The summed E-state index contributed by atoms with van der Waals surface area (Å²) in [7, 11) is 0. The Morgan fingerprint density at radius 3 is 2.77 bits per heavy atom. The molecule has 1 nitrogen and oxygen atoms in total. The van der Waals surface area contributed by atoms with E-state index in [1.165, 1.54) is 29.4 Å². The summed E-state index contributed by atoms with van der Waals surface area (Å²) >= 11 is 0. The zero-order chi connectivity index (χ0) is 8.84. The molecule has 0 amide bonds. The van der Waals surface area contributed by atoms with E-state index >= 15 is 0 Å². The number of aromatic amines is 1. The summed E-state index contributed by atoms with van der Waals surface area (Å²) in [5.74, 6) is 0.844. The summed E-state index contributed by atoms with van der Waals surface area (Å²) < 4.78 is 0. The fraction of sp³-hybridized carbons (Fsp3) is 0.333. The highest BCUT2D eigenvalue weighted by Gasteiger charge is 2.27. The quantitative estimate of drug-likeness (QED) is 0.677. The van der Waals surface area contributed by atoms with Gasteiger partial charge in [0.2, 0.25) is 0 Å². The molecule has 13 heavy (non-hydrogen) atoms. The molecule has 1 aromatic heterocycles. The van der Waals surface area contributed by atoms with Gasteiger partial charge < -0.3 is 4.98 Å². The lowest BCUT2D eigenvalue weighted by atomic mass is 10.1. The third kappa shape index (κ3) is 0.998. The zero-order valence-electron chi connectivity index (χ0n) is 7.80. The van der Waals surface area contributed by atoms with Crippen LogP contribution in [0.1, 0.15) is 30.0 Å². The summed E-state index contributed by atoms with van der Waals surface area (Å²) in [6, 6.07) is 8.61. The van der Waals surface area contributed by atoms with Gasteiger partial charge in [-0.15, -0.1) is 0 Å². The SMILES string of the molecule is Cc1[nH]c2ccccc2c1C1CC1. The molecule has 1 aromatic carbocycles. The van der Waals surface area contributed by atoms with Gasteiger partial charge in [-0.25, -0.2) is 0 Å². The van der Waals surface area contributed by atoms with Crippen LogP contribution in [0.2, 0.25) is 0 Å². The fourth-order valence-corrected chi connectivity index (χ4v) is 2.20. The molecule has 66 valence electrons. The van der Waals surface area contributed by atoms with Crippen molar-refractivity contribution in [2.24, 2.45) is 0 Å². The highest BCUT2D eigenvalue weighted by atomic mass is 14.7. The molecule has 1 fully saturated rings. The van der Waals surface area contributed by atoms with E-state index in [0.717, 1.165) is 5.92 Å². The standard InChI is InChI=1S/C12H13N/c1-8-12(9-6-7-9)10-4-2-3-5-11(10)13-8/h2-5,9,13H,6-7H2,1H3. The Bertz CT molecular complexity index is 449. The Labute approximate surface area is 77.8 Å². The summed E-state index contributed by atoms with van der Waals surface area (Å²) in [5, 5.41) is 1.43. The van der Waals surface area contributed by atoms with Crippen molar-refractivity contribution in [3.05, 3.63) is 35.5 Å². The average molecular weight is 171 g/mol. The maximum absolute atomic E-state index is 3.45. The van der Waals surface area contributed by atoms with Crippen molar-refractivity contribution in [2.45, 2.75) is 25.7 Å². The van der Waals surface area contributed by atoms with Crippen LogP contribution in [-0.4, -0.2) is 4.98 Å². The largest absolute Gasteiger partial charge is 0.358 e. The van der Waals surface area contributed by atoms with Crippen molar-refractivity contribution in [1.82, 2.24) is 4.98 Å². The second-order valence-corrected chi connectivity index (χ2v) is 3.98. The average Bonchev–Trinajstić information content (AvgIpc) is 2.88. The molecule has 0 unspecified atom stereocenters.